The molecule has 92 valence electrons. The molecule has 2 aliphatic heterocycles. The van der Waals surface area contributed by atoms with Crippen molar-refractivity contribution in [1.29, 1.82) is 0 Å². The van der Waals surface area contributed by atoms with Gasteiger partial charge in [0.05, 0.1) is 0 Å². The molecule has 0 aliphatic carbocycles. The van der Waals surface area contributed by atoms with E-state index in [1.807, 2.05) is 11.8 Å². The van der Waals surface area contributed by atoms with Gasteiger partial charge in [0.2, 0.25) is 5.91 Å². The first-order valence-corrected chi connectivity index (χ1v) is 6.37. The Morgan fingerprint density at radius 3 is 2.50 bits per heavy atom. The van der Waals surface area contributed by atoms with E-state index >= 15 is 0 Å². The quantitative estimate of drug-likeness (QED) is 0.761. The van der Waals surface area contributed by atoms with E-state index in [1.54, 1.807) is 0 Å². The van der Waals surface area contributed by atoms with Crippen molar-refractivity contribution < 1.29 is 9.53 Å². The SMILES string of the molecule is CCOCC(=O)N1CC[C@@H]2CNC[C@@H]2CC1. The molecule has 0 saturated carbocycles. The van der Waals surface area contributed by atoms with Gasteiger partial charge in [-0.05, 0) is 44.7 Å². The van der Waals surface area contributed by atoms with E-state index in [2.05, 4.69) is 5.32 Å². The Hall–Kier alpha value is -0.610. The van der Waals surface area contributed by atoms with Crippen LogP contribution >= 0.6 is 0 Å². The normalized spacial score (nSPS) is 29.9. The van der Waals surface area contributed by atoms with Gasteiger partial charge in [-0.15, -0.1) is 0 Å². The fourth-order valence-electron chi connectivity index (χ4n) is 2.75. The zero-order valence-electron chi connectivity index (χ0n) is 10.1. The molecule has 1 amide bonds. The summed E-state index contributed by atoms with van der Waals surface area (Å²) >= 11 is 0. The van der Waals surface area contributed by atoms with Crippen LogP contribution in [0.3, 0.4) is 0 Å². The molecule has 0 aromatic carbocycles. The molecule has 2 atom stereocenters. The Morgan fingerprint density at radius 1 is 1.31 bits per heavy atom. The largest absolute Gasteiger partial charge is 0.372 e. The maximum absolute atomic E-state index is 11.8. The summed E-state index contributed by atoms with van der Waals surface area (Å²) in [6, 6.07) is 0. The number of carbonyl (C=O) groups excluding carboxylic acids is 1. The second kappa shape index (κ2) is 5.64. The third-order valence-corrected chi connectivity index (χ3v) is 3.80. The zero-order valence-corrected chi connectivity index (χ0v) is 10.1. The minimum absolute atomic E-state index is 0.162. The Morgan fingerprint density at radius 2 is 1.94 bits per heavy atom. The van der Waals surface area contributed by atoms with Crippen LogP contribution in [0.4, 0.5) is 0 Å². The Kier molecular flexibility index (Phi) is 4.18. The van der Waals surface area contributed by atoms with Crippen LogP contribution in [-0.4, -0.2) is 50.2 Å². The van der Waals surface area contributed by atoms with Crippen LogP contribution in [0.2, 0.25) is 0 Å². The highest BCUT2D eigenvalue weighted by atomic mass is 16.5. The van der Waals surface area contributed by atoms with E-state index in [9.17, 15) is 4.79 Å². The maximum atomic E-state index is 11.8. The van der Waals surface area contributed by atoms with Crippen molar-refractivity contribution >= 4 is 5.91 Å². The summed E-state index contributed by atoms with van der Waals surface area (Å²) in [6.07, 6.45) is 2.30. The van der Waals surface area contributed by atoms with E-state index < -0.39 is 0 Å². The Balaban J connectivity index is 1.82. The van der Waals surface area contributed by atoms with Gasteiger partial charge in [-0.25, -0.2) is 0 Å². The second-order valence-corrected chi connectivity index (χ2v) is 4.77. The predicted molar refractivity (Wildman–Crippen MR) is 62.2 cm³/mol. The average Bonchev–Trinajstić information content (AvgIpc) is 2.65. The lowest BCUT2D eigenvalue weighted by atomic mass is 9.92. The summed E-state index contributed by atoms with van der Waals surface area (Å²) in [5.74, 6) is 1.73. The Labute approximate surface area is 97.3 Å². The zero-order chi connectivity index (χ0) is 11.4. The number of ether oxygens (including phenoxy) is 1. The first-order chi connectivity index (χ1) is 7.81. The first kappa shape index (κ1) is 11.9. The molecule has 0 aromatic heterocycles. The molecule has 2 rings (SSSR count). The summed E-state index contributed by atoms with van der Waals surface area (Å²) in [6.45, 7) is 6.89. The lowest BCUT2D eigenvalue weighted by molar-refractivity contribution is -0.135. The van der Waals surface area contributed by atoms with Crippen molar-refractivity contribution in [2.75, 3.05) is 39.4 Å². The van der Waals surface area contributed by atoms with Crippen LogP contribution < -0.4 is 5.32 Å². The summed E-state index contributed by atoms with van der Waals surface area (Å²) in [5.41, 5.74) is 0. The molecule has 2 fully saturated rings. The van der Waals surface area contributed by atoms with Crippen LogP contribution in [-0.2, 0) is 9.53 Å². The molecular weight excluding hydrogens is 204 g/mol. The number of nitrogens with one attached hydrogen (secondary N) is 1. The van der Waals surface area contributed by atoms with Crippen LogP contribution in [0.25, 0.3) is 0 Å². The number of carbonyl (C=O) groups is 1. The van der Waals surface area contributed by atoms with Gasteiger partial charge >= 0.3 is 0 Å². The number of hydrogen-bond acceptors (Lipinski definition) is 3. The summed E-state index contributed by atoms with van der Waals surface area (Å²) in [4.78, 5) is 13.8. The summed E-state index contributed by atoms with van der Waals surface area (Å²) < 4.78 is 5.18. The third kappa shape index (κ3) is 2.74. The van der Waals surface area contributed by atoms with E-state index in [-0.39, 0.29) is 12.5 Å². The highest BCUT2D eigenvalue weighted by Crippen LogP contribution is 2.26. The highest BCUT2D eigenvalue weighted by Gasteiger charge is 2.31. The van der Waals surface area contributed by atoms with Gasteiger partial charge in [-0.2, -0.15) is 0 Å². The molecule has 0 spiro atoms. The minimum Gasteiger partial charge on any atom is -0.372 e. The van der Waals surface area contributed by atoms with Crippen molar-refractivity contribution in [1.82, 2.24) is 10.2 Å². The van der Waals surface area contributed by atoms with Gasteiger partial charge in [0, 0.05) is 19.7 Å². The molecule has 0 unspecified atom stereocenters. The van der Waals surface area contributed by atoms with Crippen LogP contribution in [0, 0.1) is 11.8 Å². The van der Waals surface area contributed by atoms with Crippen LogP contribution in [0.1, 0.15) is 19.8 Å². The second-order valence-electron chi connectivity index (χ2n) is 4.77. The molecule has 4 heteroatoms. The van der Waals surface area contributed by atoms with Gasteiger partial charge in [-0.3, -0.25) is 4.79 Å². The molecule has 4 nitrogen and oxygen atoms in total. The maximum Gasteiger partial charge on any atom is 0.248 e. The molecular formula is C12H22N2O2. The van der Waals surface area contributed by atoms with E-state index in [1.165, 1.54) is 0 Å². The number of hydrogen-bond donors (Lipinski definition) is 1. The number of amides is 1. The monoisotopic (exact) mass is 226 g/mol. The van der Waals surface area contributed by atoms with Crippen molar-refractivity contribution in [3.8, 4) is 0 Å². The molecule has 2 heterocycles. The fourth-order valence-corrected chi connectivity index (χ4v) is 2.75. The van der Waals surface area contributed by atoms with Gasteiger partial charge in [0.1, 0.15) is 6.61 Å². The van der Waals surface area contributed by atoms with Crippen molar-refractivity contribution in [3.63, 3.8) is 0 Å². The average molecular weight is 226 g/mol. The molecule has 0 bridgehead atoms. The number of fused-ring (bicyclic) bond motifs is 1. The van der Waals surface area contributed by atoms with Crippen molar-refractivity contribution in [2.45, 2.75) is 19.8 Å². The molecule has 0 radical (unpaired) electrons. The lowest BCUT2D eigenvalue weighted by Gasteiger charge is -2.20. The summed E-state index contributed by atoms with van der Waals surface area (Å²) in [7, 11) is 0. The number of rotatable bonds is 3. The first-order valence-electron chi connectivity index (χ1n) is 6.37. The van der Waals surface area contributed by atoms with Crippen molar-refractivity contribution in [3.05, 3.63) is 0 Å². The van der Waals surface area contributed by atoms with E-state index in [4.69, 9.17) is 4.74 Å². The van der Waals surface area contributed by atoms with Gasteiger partial charge < -0.3 is 15.0 Å². The van der Waals surface area contributed by atoms with E-state index in [0.717, 1.165) is 50.9 Å². The number of nitrogens with zero attached hydrogens (tertiary/aromatic N) is 1. The van der Waals surface area contributed by atoms with Gasteiger partial charge in [-0.1, -0.05) is 0 Å². The lowest BCUT2D eigenvalue weighted by Crippen LogP contribution is -2.35. The van der Waals surface area contributed by atoms with Gasteiger partial charge in [0.15, 0.2) is 0 Å². The highest BCUT2D eigenvalue weighted by molar-refractivity contribution is 5.77. The number of likely N-dealkylation sites (tertiary alicyclic amines) is 1. The summed E-state index contributed by atoms with van der Waals surface area (Å²) in [5, 5.41) is 3.44. The van der Waals surface area contributed by atoms with E-state index in [0.29, 0.717) is 6.61 Å². The smallest absolute Gasteiger partial charge is 0.248 e. The minimum atomic E-state index is 0.162. The molecule has 16 heavy (non-hydrogen) atoms. The molecule has 1 N–H and O–H groups in total. The van der Waals surface area contributed by atoms with Gasteiger partial charge in [0.25, 0.3) is 0 Å². The predicted octanol–water partition coefficient (Wildman–Crippen LogP) is 0.481. The standard InChI is InChI=1S/C12H22N2O2/c1-2-16-9-12(15)14-5-3-10-7-13-8-11(10)4-6-14/h10-11,13H,2-9H2,1H3/t10-,11+. The topological polar surface area (TPSA) is 41.6 Å². The van der Waals surface area contributed by atoms with Crippen LogP contribution in [0.5, 0.6) is 0 Å². The molecule has 0 aromatic rings. The molecule has 2 aliphatic rings. The third-order valence-electron chi connectivity index (χ3n) is 3.80. The van der Waals surface area contributed by atoms with Crippen LogP contribution in [0.15, 0.2) is 0 Å². The van der Waals surface area contributed by atoms with Crippen molar-refractivity contribution in [2.24, 2.45) is 11.8 Å². The molecule has 2 saturated heterocycles. The Bertz CT molecular complexity index is 231. The fraction of sp³-hybridized carbons (Fsp3) is 0.917.